The summed E-state index contributed by atoms with van der Waals surface area (Å²) in [6.07, 6.45) is 2.38. The summed E-state index contributed by atoms with van der Waals surface area (Å²) in [5, 5.41) is 0. The Balaban J connectivity index is 4.81. The SMILES string of the molecule is CC(C)(C)C=C([CH]=[W])C(C)(C)C. The molecule has 0 amide bonds. The number of hydrogen-bond acceptors (Lipinski definition) is 0. The molecule has 0 atom stereocenters. The van der Waals surface area contributed by atoms with Crippen LogP contribution in [0.2, 0.25) is 0 Å². The van der Waals surface area contributed by atoms with E-state index >= 15 is 0 Å². The monoisotopic (exact) mass is 336 g/mol. The summed E-state index contributed by atoms with van der Waals surface area (Å²) < 4.78 is 2.30. The fraction of sp³-hybridized carbons (Fsp3) is 0.727. The molecule has 0 rings (SSSR count). The molecule has 0 fully saturated rings. The summed E-state index contributed by atoms with van der Waals surface area (Å²) in [5.41, 5.74) is 2.08. The van der Waals surface area contributed by atoms with Gasteiger partial charge in [0.1, 0.15) is 0 Å². The molecule has 0 saturated heterocycles. The molecule has 0 saturated carbocycles. The van der Waals surface area contributed by atoms with Gasteiger partial charge in [0, 0.05) is 0 Å². The fourth-order valence-corrected chi connectivity index (χ4v) is 2.41. The predicted molar refractivity (Wildman–Crippen MR) is 53.1 cm³/mol. The molecule has 0 aliphatic carbocycles. The van der Waals surface area contributed by atoms with Crippen LogP contribution in [0.15, 0.2) is 11.6 Å². The summed E-state index contributed by atoms with van der Waals surface area (Å²) >= 11 is 1.54. The third-order valence-corrected chi connectivity index (χ3v) is 2.49. The summed E-state index contributed by atoms with van der Waals surface area (Å²) in [5.74, 6) is 0. The fourth-order valence-electron chi connectivity index (χ4n) is 0.894. The van der Waals surface area contributed by atoms with E-state index in [9.17, 15) is 0 Å². The van der Waals surface area contributed by atoms with E-state index in [4.69, 9.17) is 0 Å². The van der Waals surface area contributed by atoms with Gasteiger partial charge in [-0.25, -0.2) is 0 Å². The number of allylic oxidation sites excluding steroid dienone is 2. The molecule has 0 aromatic rings. The average molecular weight is 336 g/mol. The van der Waals surface area contributed by atoms with E-state index in [2.05, 4.69) is 52.0 Å². The molecular weight excluding hydrogens is 316 g/mol. The maximum atomic E-state index is 2.38. The van der Waals surface area contributed by atoms with Crippen LogP contribution in [-0.4, -0.2) is 4.40 Å². The molecule has 0 radical (unpaired) electrons. The van der Waals surface area contributed by atoms with E-state index in [1.165, 1.54) is 24.9 Å². The van der Waals surface area contributed by atoms with Crippen molar-refractivity contribution in [3.05, 3.63) is 11.6 Å². The standard InChI is InChI=1S/C11H20.W/c1-9(11(5,6)7)8-10(2,3)4;/h1,8H,2-7H3;. The van der Waals surface area contributed by atoms with Crippen LogP contribution in [-0.2, 0) is 19.4 Å². The van der Waals surface area contributed by atoms with Crippen LogP contribution in [0, 0.1) is 10.8 Å². The van der Waals surface area contributed by atoms with Gasteiger partial charge in [0.25, 0.3) is 0 Å². The van der Waals surface area contributed by atoms with E-state index < -0.39 is 0 Å². The minimum absolute atomic E-state index is 0.300. The van der Waals surface area contributed by atoms with Gasteiger partial charge in [-0.05, 0) is 0 Å². The van der Waals surface area contributed by atoms with E-state index in [0.29, 0.717) is 10.8 Å². The predicted octanol–water partition coefficient (Wildman–Crippen LogP) is 3.35. The van der Waals surface area contributed by atoms with Crippen LogP contribution in [0.4, 0.5) is 0 Å². The first-order valence-corrected chi connectivity index (χ1v) is 6.05. The Hall–Kier alpha value is 0.298. The van der Waals surface area contributed by atoms with E-state index in [0.717, 1.165) is 0 Å². The molecule has 0 nitrogen and oxygen atoms in total. The molecule has 0 N–H and O–H groups in total. The molecular formula is C11H20W. The Kier molecular flexibility index (Phi) is 4.10. The van der Waals surface area contributed by atoms with Gasteiger partial charge in [-0.2, -0.15) is 0 Å². The molecule has 12 heavy (non-hydrogen) atoms. The third kappa shape index (κ3) is 5.03. The molecule has 0 heterocycles. The van der Waals surface area contributed by atoms with Crippen molar-refractivity contribution in [3.8, 4) is 0 Å². The molecule has 0 aliphatic rings. The zero-order chi connectivity index (χ0) is 9.99. The Morgan fingerprint density at radius 3 is 1.50 bits per heavy atom. The van der Waals surface area contributed by atoms with E-state index in [1.807, 2.05) is 0 Å². The quantitative estimate of drug-likeness (QED) is 0.689. The van der Waals surface area contributed by atoms with Crippen molar-refractivity contribution in [1.29, 1.82) is 0 Å². The molecule has 0 spiro atoms. The second-order valence-electron chi connectivity index (χ2n) is 5.33. The van der Waals surface area contributed by atoms with Crippen LogP contribution in [0.3, 0.4) is 0 Å². The summed E-state index contributed by atoms with van der Waals surface area (Å²) in [7, 11) is 0. The van der Waals surface area contributed by atoms with Gasteiger partial charge in [0.15, 0.2) is 0 Å². The summed E-state index contributed by atoms with van der Waals surface area (Å²) in [4.78, 5) is 0. The van der Waals surface area contributed by atoms with E-state index in [1.54, 1.807) is 0 Å². The second-order valence-corrected chi connectivity index (χ2v) is 6.18. The Morgan fingerprint density at radius 1 is 1.00 bits per heavy atom. The van der Waals surface area contributed by atoms with Crippen molar-refractivity contribution in [2.45, 2.75) is 41.5 Å². The van der Waals surface area contributed by atoms with Gasteiger partial charge in [-0.1, -0.05) is 0 Å². The molecule has 0 bridgehead atoms. The first-order valence-electron chi connectivity index (χ1n) is 4.35. The van der Waals surface area contributed by atoms with Crippen molar-refractivity contribution >= 4 is 4.40 Å². The number of rotatable bonds is 1. The summed E-state index contributed by atoms with van der Waals surface area (Å²) in [6.45, 7) is 13.5. The van der Waals surface area contributed by atoms with Crippen molar-refractivity contribution in [1.82, 2.24) is 0 Å². The number of hydrogen-bond donors (Lipinski definition) is 0. The molecule has 0 aromatic heterocycles. The van der Waals surface area contributed by atoms with Crippen LogP contribution in [0.25, 0.3) is 0 Å². The van der Waals surface area contributed by atoms with Crippen LogP contribution >= 0.6 is 0 Å². The van der Waals surface area contributed by atoms with E-state index in [-0.39, 0.29) is 0 Å². The zero-order valence-corrected chi connectivity index (χ0v) is 12.0. The maximum absolute atomic E-state index is 2.38. The van der Waals surface area contributed by atoms with Gasteiger partial charge in [0.2, 0.25) is 0 Å². The molecule has 0 aliphatic heterocycles. The van der Waals surface area contributed by atoms with Crippen molar-refractivity contribution in [2.24, 2.45) is 10.8 Å². The van der Waals surface area contributed by atoms with Crippen molar-refractivity contribution in [3.63, 3.8) is 0 Å². The Bertz CT molecular complexity index is 186. The normalized spacial score (nSPS) is 14.7. The second kappa shape index (κ2) is 4.00. The molecule has 0 unspecified atom stereocenters. The van der Waals surface area contributed by atoms with Crippen LogP contribution < -0.4 is 0 Å². The third-order valence-electron chi connectivity index (χ3n) is 1.58. The topological polar surface area (TPSA) is 0 Å². The zero-order valence-electron chi connectivity index (χ0n) is 9.06. The first-order chi connectivity index (χ1) is 5.17. The van der Waals surface area contributed by atoms with Crippen molar-refractivity contribution < 1.29 is 19.4 Å². The van der Waals surface area contributed by atoms with Gasteiger partial charge >= 0.3 is 87.8 Å². The van der Waals surface area contributed by atoms with Gasteiger partial charge in [-0.15, -0.1) is 0 Å². The van der Waals surface area contributed by atoms with Gasteiger partial charge in [0.05, 0.1) is 0 Å². The Morgan fingerprint density at radius 2 is 1.42 bits per heavy atom. The van der Waals surface area contributed by atoms with Gasteiger partial charge in [-0.3, -0.25) is 0 Å². The molecule has 1 heteroatoms. The average Bonchev–Trinajstić information content (AvgIpc) is 1.78. The van der Waals surface area contributed by atoms with Crippen LogP contribution in [0.1, 0.15) is 41.5 Å². The minimum atomic E-state index is 0.300. The first kappa shape index (κ1) is 12.3. The summed E-state index contributed by atoms with van der Waals surface area (Å²) in [6, 6.07) is 0. The Labute approximate surface area is 87.9 Å². The van der Waals surface area contributed by atoms with Gasteiger partial charge < -0.3 is 0 Å². The molecule has 0 aromatic carbocycles. The van der Waals surface area contributed by atoms with Crippen molar-refractivity contribution in [2.75, 3.05) is 0 Å². The van der Waals surface area contributed by atoms with Crippen LogP contribution in [0.5, 0.6) is 0 Å². The molecule has 70 valence electrons.